The Morgan fingerprint density at radius 2 is 1.74 bits per heavy atom. The highest BCUT2D eigenvalue weighted by molar-refractivity contribution is 6.02. The smallest absolute Gasteiger partial charge is 0.229 e. The minimum Gasteiger partial charge on any atom is -0.343 e. The lowest BCUT2D eigenvalue weighted by molar-refractivity contribution is -0.118. The van der Waals surface area contributed by atoms with Crippen LogP contribution in [0.1, 0.15) is 57.6 Å². The van der Waals surface area contributed by atoms with Crippen molar-refractivity contribution in [1.29, 1.82) is 0 Å². The summed E-state index contributed by atoms with van der Waals surface area (Å²) in [5, 5.41) is 3.52. The van der Waals surface area contributed by atoms with Crippen molar-refractivity contribution in [1.82, 2.24) is 15.0 Å². The molecule has 3 heterocycles. The van der Waals surface area contributed by atoms with E-state index in [1.165, 1.54) is 12.8 Å². The van der Waals surface area contributed by atoms with Crippen LogP contribution in [-0.2, 0) is 10.2 Å². The highest BCUT2D eigenvalue weighted by Crippen LogP contribution is 2.52. The molecule has 6 heteroatoms. The molecule has 35 heavy (non-hydrogen) atoms. The first-order valence-corrected chi connectivity index (χ1v) is 12.5. The molecule has 2 aromatic heterocycles. The van der Waals surface area contributed by atoms with Crippen LogP contribution in [0.2, 0.25) is 0 Å². The van der Waals surface area contributed by atoms with Gasteiger partial charge in [0.25, 0.3) is 0 Å². The topological polar surface area (TPSA) is 71.0 Å². The Hall–Kier alpha value is -3.54. The normalized spacial score (nSPS) is 22.8. The number of Topliss-reactive ketones (excluding diaryl/α,β-unsaturated/α-hetero) is 1. The number of allylic oxidation sites excluding steroid dienone is 2. The van der Waals surface area contributed by atoms with Crippen LogP contribution in [0, 0.1) is 11.3 Å². The van der Waals surface area contributed by atoms with Crippen molar-refractivity contribution in [2.24, 2.45) is 11.3 Å². The molecule has 0 unspecified atom stereocenters. The van der Waals surface area contributed by atoms with Gasteiger partial charge in [0.2, 0.25) is 5.95 Å². The second-order valence-corrected chi connectivity index (χ2v) is 11.1. The first-order chi connectivity index (χ1) is 16.8. The fourth-order valence-corrected chi connectivity index (χ4v) is 5.77. The van der Waals surface area contributed by atoms with Crippen molar-refractivity contribution in [2.75, 3.05) is 16.8 Å². The summed E-state index contributed by atoms with van der Waals surface area (Å²) in [5.74, 6) is 2.43. The van der Waals surface area contributed by atoms with Crippen LogP contribution in [0.5, 0.6) is 0 Å². The monoisotopic (exact) mass is 465 g/mol. The van der Waals surface area contributed by atoms with E-state index in [1.54, 1.807) is 12.4 Å². The number of ketones is 1. The van der Waals surface area contributed by atoms with Crippen LogP contribution in [0.25, 0.3) is 0 Å². The summed E-state index contributed by atoms with van der Waals surface area (Å²) in [4.78, 5) is 29.7. The zero-order valence-electron chi connectivity index (χ0n) is 20.6. The van der Waals surface area contributed by atoms with Crippen molar-refractivity contribution in [3.63, 3.8) is 0 Å². The number of pyridine rings is 1. The molecule has 6 rings (SSSR count). The van der Waals surface area contributed by atoms with Crippen molar-refractivity contribution >= 4 is 23.2 Å². The maximum atomic E-state index is 13.7. The van der Waals surface area contributed by atoms with Gasteiger partial charge < -0.3 is 10.2 Å². The van der Waals surface area contributed by atoms with E-state index in [4.69, 9.17) is 0 Å². The number of benzene rings is 1. The average molecular weight is 466 g/mol. The summed E-state index contributed by atoms with van der Waals surface area (Å²) in [6.07, 6.45) is 9.25. The van der Waals surface area contributed by atoms with Crippen LogP contribution in [-0.4, -0.2) is 27.3 Å². The summed E-state index contributed by atoms with van der Waals surface area (Å²) in [6.45, 7) is 7.41. The molecule has 0 radical (unpaired) electrons. The molecule has 1 N–H and O–H groups in total. The Balaban J connectivity index is 1.51. The van der Waals surface area contributed by atoms with Gasteiger partial charge in [0.05, 0.1) is 5.41 Å². The summed E-state index contributed by atoms with van der Waals surface area (Å²) in [5.41, 5.74) is 4.37. The van der Waals surface area contributed by atoms with Crippen LogP contribution in [0.15, 0.2) is 72.3 Å². The molecule has 0 spiro atoms. The van der Waals surface area contributed by atoms with Gasteiger partial charge in [-0.15, -0.1) is 0 Å². The summed E-state index contributed by atoms with van der Waals surface area (Å²) >= 11 is 0. The largest absolute Gasteiger partial charge is 0.343 e. The van der Waals surface area contributed by atoms with Gasteiger partial charge in [0.15, 0.2) is 5.78 Å². The lowest BCUT2D eigenvalue weighted by Crippen LogP contribution is -2.42. The highest BCUT2D eigenvalue weighted by Gasteiger charge is 2.48. The van der Waals surface area contributed by atoms with E-state index in [-0.39, 0.29) is 11.2 Å². The fraction of sp³-hybridized carbons (Fsp3) is 0.379. The molecule has 178 valence electrons. The molecule has 1 saturated carbocycles. The SMILES string of the molecule is CC1(C)CC(=O)C2=C(C1)Nc1ncccc1[C@@]2(C)c1cccc(N(CC2CC2)c2ncccn2)c1. The number of hydrogen-bond acceptors (Lipinski definition) is 6. The summed E-state index contributed by atoms with van der Waals surface area (Å²) < 4.78 is 0. The summed E-state index contributed by atoms with van der Waals surface area (Å²) in [7, 11) is 0. The van der Waals surface area contributed by atoms with Crippen molar-refractivity contribution in [3.8, 4) is 0 Å². The zero-order chi connectivity index (χ0) is 24.2. The standard InChI is InChI=1S/C29H31N5O/c1-28(2)16-23-25(24(35)17-28)29(3,22-9-5-12-30-26(22)33-23)20-7-4-8-21(15-20)34(18-19-10-11-19)27-31-13-6-14-32-27/h4-9,12-15,19H,10-11,16-18H2,1-3H3,(H,30,33)/t29-/m1/s1. The van der Waals surface area contributed by atoms with Gasteiger partial charge in [-0.3, -0.25) is 4.79 Å². The van der Waals surface area contributed by atoms with Gasteiger partial charge in [-0.2, -0.15) is 0 Å². The van der Waals surface area contributed by atoms with E-state index >= 15 is 0 Å². The number of anilines is 3. The number of fused-ring (bicyclic) bond motifs is 1. The molecule has 3 aliphatic rings. The van der Waals surface area contributed by atoms with Gasteiger partial charge in [-0.05, 0) is 67.3 Å². The Kier molecular flexibility index (Phi) is 5.02. The van der Waals surface area contributed by atoms with Crippen LogP contribution >= 0.6 is 0 Å². The van der Waals surface area contributed by atoms with Crippen LogP contribution < -0.4 is 10.2 Å². The minimum atomic E-state index is -0.601. The molecule has 0 saturated heterocycles. The first-order valence-electron chi connectivity index (χ1n) is 12.5. The summed E-state index contributed by atoms with van der Waals surface area (Å²) in [6, 6.07) is 14.5. The van der Waals surface area contributed by atoms with Gasteiger partial charge in [0.1, 0.15) is 5.82 Å². The second-order valence-electron chi connectivity index (χ2n) is 11.1. The number of carbonyl (C=O) groups excluding carboxylic acids is 1. The Labute approximate surface area is 206 Å². The third-order valence-electron chi connectivity index (χ3n) is 7.66. The molecule has 0 bridgehead atoms. The molecule has 3 aromatic rings. The molecule has 0 amide bonds. The number of carbonyl (C=O) groups is 1. The van der Waals surface area contributed by atoms with E-state index in [0.29, 0.717) is 18.3 Å². The van der Waals surface area contributed by atoms with E-state index in [1.807, 2.05) is 18.3 Å². The van der Waals surface area contributed by atoms with E-state index in [9.17, 15) is 4.79 Å². The van der Waals surface area contributed by atoms with E-state index in [2.05, 4.69) is 76.3 Å². The van der Waals surface area contributed by atoms with Crippen LogP contribution in [0.3, 0.4) is 0 Å². The van der Waals surface area contributed by atoms with Gasteiger partial charge in [-0.1, -0.05) is 32.0 Å². The van der Waals surface area contributed by atoms with Crippen molar-refractivity contribution in [2.45, 2.75) is 51.9 Å². The predicted octanol–water partition coefficient (Wildman–Crippen LogP) is 5.79. The lowest BCUT2D eigenvalue weighted by atomic mass is 9.62. The van der Waals surface area contributed by atoms with Gasteiger partial charge >= 0.3 is 0 Å². The van der Waals surface area contributed by atoms with Crippen LogP contribution in [0.4, 0.5) is 17.5 Å². The van der Waals surface area contributed by atoms with Crippen molar-refractivity contribution < 1.29 is 4.79 Å². The highest BCUT2D eigenvalue weighted by atomic mass is 16.1. The number of hydrogen-bond donors (Lipinski definition) is 1. The maximum Gasteiger partial charge on any atom is 0.229 e. The molecule has 1 fully saturated rings. The van der Waals surface area contributed by atoms with E-state index in [0.717, 1.165) is 46.9 Å². The zero-order valence-corrected chi connectivity index (χ0v) is 20.6. The molecular formula is C29H31N5O. The predicted molar refractivity (Wildman–Crippen MR) is 138 cm³/mol. The lowest BCUT2D eigenvalue weighted by Gasteiger charge is -2.44. The third-order valence-corrected chi connectivity index (χ3v) is 7.66. The molecule has 1 aliphatic heterocycles. The Morgan fingerprint density at radius 1 is 0.971 bits per heavy atom. The number of aromatic nitrogens is 3. The second kappa shape index (κ2) is 8.01. The van der Waals surface area contributed by atoms with Crippen molar-refractivity contribution in [3.05, 3.63) is 83.5 Å². The van der Waals surface area contributed by atoms with Gasteiger partial charge in [0, 0.05) is 54.1 Å². The molecule has 2 aliphatic carbocycles. The molecule has 1 atom stereocenters. The third kappa shape index (κ3) is 3.81. The average Bonchev–Trinajstić information content (AvgIpc) is 3.66. The minimum absolute atomic E-state index is 0.0797. The Bertz CT molecular complexity index is 1330. The number of nitrogens with zero attached hydrogens (tertiary/aromatic N) is 4. The fourth-order valence-electron chi connectivity index (χ4n) is 5.77. The first kappa shape index (κ1) is 22.0. The molecule has 6 nitrogen and oxygen atoms in total. The van der Waals surface area contributed by atoms with Gasteiger partial charge in [-0.25, -0.2) is 15.0 Å². The number of nitrogens with one attached hydrogen (secondary N) is 1. The molecule has 1 aromatic carbocycles. The Morgan fingerprint density at radius 3 is 2.51 bits per heavy atom. The molecular weight excluding hydrogens is 434 g/mol. The number of rotatable bonds is 5. The maximum absolute atomic E-state index is 13.7. The quantitative estimate of drug-likeness (QED) is 0.514. The van der Waals surface area contributed by atoms with E-state index < -0.39 is 5.41 Å².